The monoisotopic (exact) mass is 393 g/mol. The summed E-state index contributed by atoms with van der Waals surface area (Å²) in [5.41, 5.74) is 2.46. The highest BCUT2D eigenvalue weighted by Crippen LogP contribution is 2.32. The van der Waals surface area contributed by atoms with Gasteiger partial charge in [0.15, 0.2) is 11.5 Å². The number of aromatic hydroxyl groups is 1. The molecule has 2 aromatic rings. The van der Waals surface area contributed by atoms with Crippen LogP contribution in [-0.2, 0) is 0 Å². The van der Waals surface area contributed by atoms with Crippen molar-refractivity contribution in [1.82, 2.24) is 5.43 Å². The van der Waals surface area contributed by atoms with Gasteiger partial charge in [-0.1, -0.05) is 22.0 Å². The van der Waals surface area contributed by atoms with Gasteiger partial charge in [0.05, 0.1) is 18.2 Å². The fourth-order valence-electron chi connectivity index (χ4n) is 1.83. The summed E-state index contributed by atoms with van der Waals surface area (Å²) < 4.78 is 5.66. The average molecular weight is 394 g/mol. The van der Waals surface area contributed by atoms with E-state index < -0.39 is 10.8 Å². The molecule has 0 atom stereocenters. The Labute approximate surface area is 145 Å². The Kier molecular flexibility index (Phi) is 5.48. The number of carbonyl (C=O) groups excluding carboxylic acids is 1. The molecule has 9 heteroatoms. The molecule has 24 heavy (non-hydrogen) atoms. The van der Waals surface area contributed by atoms with Crippen molar-refractivity contribution < 1.29 is 19.6 Å². The van der Waals surface area contributed by atoms with E-state index in [9.17, 15) is 20.0 Å². The minimum atomic E-state index is -0.614. The van der Waals surface area contributed by atoms with Crippen LogP contribution < -0.4 is 10.2 Å². The number of benzene rings is 2. The fraction of sp³-hybridized carbons (Fsp3) is 0.0667. The SMILES string of the molecule is COc1cc(Br)cc(/C=N/NC(=O)c2cccc([N+](=O)[O-])c2)c1O. The van der Waals surface area contributed by atoms with Crippen molar-refractivity contribution in [2.24, 2.45) is 5.10 Å². The smallest absolute Gasteiger partial charge is 0.271 e. The number of hydrogen-bond acceptors (Lipinski definition) is 6. The average Bonchev–Trinajstić information content (AvgIpc) is 2.57. The number of hydrogen-bond donors (Lipinski definition) is 2. The number of methoxy groups -OCH3 is 1. The Bertz CT molecular complexity index is 823. The number of carbonyl (C=O) groups is 1. The predicted molar refractivity (Wildman–Crippen MR) is 90.5 cm³/mol. The summed E-state index contributed by atoms with van der Waals surface area (Å²) in [5.74, 6) is -0.499. The number of nitro benzene ring substituents is 1. The lowest BCUT2D eigenvalue weighted by molar-refractivity contribution is -0.384. The third-order valence-electron chi connectivity index (χ3n) is 2.98. The molecule has 2 N–H and O–H groups in total. The quantitative estimate of drug-likeness (QED) is 0.460. The standard InChI is InChI=1S/C15H12BrN3O5/c1-24-13-7-11(16)5-10(14(13)20)8-17-18-15(21)9-3-2-4-12(6-9)19(22)23/h2-8,20H,1H3,(H,18,21)/b17-8+. The number of phenols is 1. The topological polar surface area (TPSA) is 114 Å². The van der Waals surface area contributed by atoms with Crippen LogP contribution in [0.4, 0.5) is 5.69 Å². The molecule has 0 saturated carbocycles. The zero-order valence-electron chi connectivity index (χ0n) is 12.4. The first-order valence-electron chi connectivity index (χ1n) is 6.56. The molecule has 8 nitrogen and oxygen atoms in total. The van der Waals surface area contributed by atoms with Gasteiger partial charge in [0.2, 0.25) is 0 Å². The number of amides is 1. The van der Waals surface area contributed by atoms with Gasteiger partial charge in [0, 0.05) is 27.7 Å². The molecule has 2 rings (SSSR count). The molecule has 0 unspecified atom stereocenters. The normalized spacial score (nSPS) is 10.6. The van der Waals surface area contributed by atoms with Gasteiger partial charge in [-0.3, -0.25) is 14.9 Å². The zero-order valence-corrected chi connectivity index (χ0v) is 14.0. The Hall–Kier alpha value is -2.94. The molecule has 0 aromatic heterocycles. The van der Waals surface area contributed by atoms with Gasteiger partial charge in [0.1, 0.15) is 0 Å². The van der Waals surface area contributed by atoms with E-state index in [4.69, 9.17) is 4.74 Å². The minimum absolute atomic E-state index is 0.0948. The van der Waals surface area contributed by atoms with E-state index in [1.165, 1.54) is 31.5 Å². The Morgan fingerprint density at radius 3 is 2.83 bits per heavy atom. The first-order valence-corrected chi connectivity index (χ1v) is 7.36. The Morgan fingerprint density at radius 2 is 2.17 bits per heavy atom. The summed E-state index contributed by atoms with van der Waals surface area (Å²) in [6, 6.07) is 8.42. The molecule has 0 heterocycles. The van der Waals surface area contributed by atoms with Crippen LogP contribution in [0.15, 0.2) is 46.0 Å². The summed E-state index contributed by atoms with van der Waals surface area (Å²) >= 11 is 3.26. The lowest BCUT2D eigenvalue weighted by Crippen LogP contribution is -2.17. The van der Waals surface area contributed by atoms with Crippen molar-refractivity contribution in [3.8, 4) is 11.5 Å². The van der Waals surface area contributed by atoms with E-state index >= 15 is 0 Å². The lowest BCUT2D eigenvalue weighted by Gasteiger charge is -2.06. The van der Waals surface area contributed by atoms with Gasteiger partial charge < -0.3 is 9.84 Å². The predicted octanol–water partition coefficient (Wildman–Crippen LogP) is 2.84. The van der Waals surface area contributed by atoms with Crippen molar-refractivity contribution in [2.75, 3.05) is 7.11 Å². The zero-order chi connectivity index (χ0) is 17.7. The molecule has 0 saturated heterocycles. The minimum Gasteiger partial charge on any atom is -0.504 e. The maximum atomic E-state index is 11.9. The second kappa shape index (κ2) is 7.55. The van der Waals surface area contributed by atoms with E-state index in [-0.39, 0.29) is 22.7 Å². The van der Waals surface area contributed by atoms with Crippen LogP contribution in [0.25, 0.3) is 0 Å². The largest absolute Gasteiger partial charge is 0.504 e. The third kappa shape index (κ3) is 4.07. The summed E-state index contributed by atoms with van der Waals surface area (Å²) in [5, 5.41) is 24.4. The van der Waals surface area contributed by atoms with Crippen molar-refractivity contribution in [2.45, 2.75) is 0 Å². The highest BCUT2D eigenvalue weighted by molar-refractivity contribution is 9.10. The number of halogens is 1. The van der Waals surface area contributed by atoms with Crippen LogP contribution >= 0.6 is 15.9 Å². The van der Waals surface area contributed by atoms with Crippen LogP contribution in [0.1, 0.15) is 15.9 Å². The molecule has 0 radical (unpaired) electrons. The van der Waals surface area contributed by atoms with Gasteiger partial charge in [-0.25, -0.2) is 5.43 Å². The van der Waals surface area contributed by atoms with E-state index in [1.54, 1.807) is 12.1 Å². The van der Waals surface area contributed by atoms with E-state index in [0.717, 1.165) is 6.07 Å². The number of phenolic OH excluding ortho intramolecular Hbond substituents is 1. The Balaban J connectivity index is 2.14. The molecule has 1 amide bonds. The number of ether oxygens (including phenoxy) is 1. The number of nitrogens with one attached hydrogen (secondary N) is 1. The summed E-state index contributed by atoms with van der Waals surface area (Å²) in [6.07, 6.45) is 1.23. The molecule has 0 spiro atoms. The molecular weight excluding hydrogens is 382 g/mol. The highest BCUT2D eigenvalue weighted by atomic mass is 79.9. The first kappa shape index (κ1) is 17.4. The number of nitrogens with zero attached hydrogens (tertiary/aromatic N) is 2. The number of hydrazone groups is 1. The number of non-ortho nitro benzene ring substituents is 1. The maximum Gasteiger partial charge on any atom is 0.271 e. The number of nitro groups is 1. The fourth-order valence-corrected chi connectivity index (χ4v) is 2.29. The molecule has 0 aliphatic rings. The van der Waals surface area contributed by atoms with Crippen molar-refractivity contribution in [3.63, 3.8) is 0 Å². The molecule has 124 valence electrons. The van der Waals surface area contributed by atoms with E-state index in [1.807, 2.05) is 0 Å². The molecule has 0 fully saturated rings. The molecule has 0 aliphatic heterocycles. The second-order valence-corrected chi connectivity index (χ2v) is 5.47. The Morgan fingerprint density at radius 1 is 1.42 bits per heavy atom. The van der Waals surface area contributed by atoms with Crippen molar-refractivity contribution in [1.29, 1.82) is 0 Å². The summed E-state index contributed by atoms with van der Waals surface area (Å²) in [7, 11) is 1.41. The van der Waals surface area contributed by atoms with Crippen LogP contribution in [0.5, 0.6) is 11.5 Å². The van der Waals surface area contributed by atoms with Gasteiger partial charge in [-0.2, -0.15) is 5.10 Å². The highest BCUT2D eigenvalue weighted by Gasteiger charge is 2.11. The van der Waals surface area contributed by atoms with Gasteiger partial charge in [-0.15, -0.1) is 0 Å². The molecule has 0 bridgehead atoms. The van der Waals surface area contributed by atoms with Crippen LogP contribution in [0, 0.1) is 10.1 Å². The lowest BCUT2D eigenvalue weighted by atomic mass is 10.2. The van der Waals surface area contributed by atoms with Crippen molar-refractivity contribution in [3.05, 3.63) is 62.1 Å². The first-order chi connectivity index (χ1) is 11.4. The number of rotatable bonds is 5. The molecule has 0 aliphatic carbocycles. The maximum absolute atomic E-state index is 11.9. The van der Waals surface area contributed by atoms with Gasteiger partial charge >= 0.3 is 0 Å². The molecule has 2 aromatic carbocycles. The van der Waals surface area contributed by atoms with E-state index in [0.29, 0.717) is 10.0 Å². The van der Waals surface area contributed by atoms with Crippen LogP contribution in [0.3, 0.4) is 0 Å². The van der Waals surface area contributed by atoms with E-state index in [2.05, 4.69) is 26.5 Å². The van der Waals surface area contributed by atoms with Crippen LogP contribution in [0.2, 0.25) is 0 Å². The summed E-state index contributed by atoms with van der Waals surface area (Å²) in [4.78, 5) is 22.1. The summed E-state index contributed by atoms with van der Waals surface area (Å²) in [6.45, 7) is 0. The van der Waals surface area contributed by atoms with Gasteiger partial charge in [0.25, 0.3) is 11.6 Å². The second-order valence-electron chi connectivity index (χ2n) is 4.55. The van der Waals surface area contributed by atoms with Crippen LogP contribution in [-0.4, -0.2) is 29.3 Å². The van der Waals surface area contributed by atoms with Crippen molar-refractivity contribution >= 4 is 33.7 Å². The van der Waals surface area contributed by atoms with Gasteiger partial charge in [-0.05, 0) is 18.2 Å². The molecular formula is C15H12BrN3O5. The third-order valence-corrected chi connectivity index (χ3v) is 3.44.